The van der Waals surface area contributed by atoms with Gasteiger partial charge in [0.05, 0.1) is 12.5 Å². The van der Waals surface area contributed by atoms with Gasteiger partial charge >= 0.3 is 0 Å². The number of nitrogen functional groups attached to an aromatic ring is 1. The molecule has 1 aliphatic heterocycles. The Labute approximate surface area is 111 Å². The van der Waals surface area contributed by atoms with Crippen molar-refractivity contribution in [3.8, 4) is 0 Å². The van der Waals surface area contributed by atoms with Gasteiger partial charge in [-0.2, -0.15) is 0 Å². The number of β-amino-alcohol motifs (C(OH)–C–C–N with tert-alkyl or cyclic N) is 1. The molecule has 5 N–H and O–H groups in total. The van der Waals surface area contributed by atoms with Crippen LogP contribution >= 0.6 is 0 Å². The van der Waals surface area contributed by atoms with Crippen LogP contribution in [-0.4, -0.2) is 40.5 Å². The molecule has 1 aromatic carbocycles. The highest BCUT2D eigenvalue weighted by molar-refractivity contribution is 5.88. The standard InChI is InChI=1S/C13H17N3O3/c14-10-4-2-1-3-8(10)5-12(18)16-7-9(17)6-11(16)13(15)19/h1-4,9,11,17H,5-7,14H2,(H2,15,19). The summed E-state index contributed by atoms with van der Waals surface area (Å²) < 4.78 is 0. The molecule has 6 nitrogen and oxygen atoms in total. The maximum atomic E-state index is 12.2. The minimum absolute atomic E-state index is 0.100. The molecule has 1 heterocycles. The summed E-state index contributed by atoms with van der Waals surface area (Å²) in [5, 5.41) is 9.56. The number of hydrogen-bond donors (Lipinski definition) is 3. The molecule has 2 rings (SSSR count). The second-order valence-corrected chi connectivity index (χ2v) is 4.73. The lowest BCUT2D eigenvalue weighted by Gasteiger charge is -2.22. The van der Waals surface area contributed by atoms with E-state index in [1.54, 1.807) is 24.3 Å². The van der Waals surface area contributed by atoms with E-state index in [9.17, 15) is 14.7 Å². The summed E-state index contributed by atoms with van der Waals surface area (Å²) in [5.74, 6) is -0.843. The normalized spacial score (nSPS) is 22.5. The maximum Gasteiger partial charge on any atom is 0.240 e. The lowest BCUT2D eigenvalue weighted by atomic mass is 10.1. The second kappa shape index (κ2) is 5.27. The summed E-state index contributed by atoms with van der Waals surface area (Å²) in [7, 11) is 0. The van der Waals surface area contributed by atoms with Crippen LogP contribution in [0.5, 0.6) is 0 Å². The van der Waals surface area contributed by atoms with E-state index < -0.39 is 18.1 Å². The monoisotopic (exact) mass is 263 g/mol. The zero-order valence-electron chi connectivity index (χ0n) is 10.5. The number of primary amides is 1. The summed E-state index contributed by atoms with van der Waals surface area (Å²) in [6.45, 7) is 0.138. The van der Waals surface area contributed by atoms with Crippen molar-refractivity contribution in [2.45, 2.75) is 25.0 Å². The number of amides is 2. The molecule has 1 aliphatic rings. The topological polar surface area (TPSA) is 110 Å². The highest BCUT2D eigenvalue weighted by Gasteiger charge is 2.37. The van der Waals surface area contributed by atoms with Gasteiger partial charge in [-0.15, -0.1) is 0 Å². The van der Waals surface area contributed by atoms with Crippen molar-refractivity contribution in [2.75, 3.05) is 12.3 Å². The smallest absolute Gasteiger partial charge is 0.240 e. The van der Waals surface area contributed by atoms with Crippen molar-refractivity contribution in [1.29, 1.82) is 0 Å². The molecule has 1 saturated heterocycles. The lowest BCUT2D eigenvalue weighted by molar-refractivity contribution is -0.136. The summed E-state index contributed by atoms with van der Waals surface area (Å²) in [4.78, 5) is 24.8. The Balaban J connectivity index is 2.11. The Kier molecular flexibility index (Phi) is 3.71. The molecular weight excluding hydrogens is 246 g/mol. The van der Waals surface area contributed by atoms with Crippen LogP contribution in [0.25, 0.3) is 0 Å². The number of likely N-dealkylation sites (tertiary alicyclic amines) is 1. The van der Waals surface area contributed by atoms with E-state index in [1.165, 1.54) is 4.90 Å². The molecule has 0 saturated carbocycles. The molecule has 1 aromatic rings. The molecule has 19 heavy (non-hydrogen) atoms. The summed E-state index contributed by atoms with van der Waals surface area (Å²) in [5.41, 5.74) is 12.3. The molecule has 102 valence electrons. The third kappa shape index (κ3) is 2.85. The number of hydrogen-bond acceptors (Lipinski definition) is 4. The predicted octanol–water partition coefficient (Wildman–Crippen LogP) is -0.742. The van der Waals surface area contributed by atoms with Crippen molar-refractivity contribution in [3.05, 3.63) is 29.8 Å². The van der Waals surface area contributed by atoms with Crippen LogP contribution in [0.4, 0.5) is 5.69 Å². The number of benzene rings is 1. The molecular formula is C13H17N3O3. The summed E-state index contributed by atoms with van der Waals surface area (Å²) in [6.07, 6.45) is -0.399. The molecule has 2 atom stereocenters. The third-order valence-electron chi connectivity index (χ3n) is 3.32. The zero-order valence-corrected chi connectivity index (χ0v) is 10.5. The quantitative estimate of drug-likeness (QED) is 0.624. The van der Waals surface area contributed by atoms with Crippen LogP contribution in [0, 0.1) is 0 Å². The first-order valence-corrected chi connectivity index (χ1v) is 6.09. The molecule has 2 unspecified atom stereocenters. The fourth-order valence-corrected chi connectivity index (χ4v) is 2.32. The van der Waals surface area contributed by atoms with Gasteiger partial charge in [-0.1, -0.05) is 18.2 Å². The van der Waals surface area contributed by atoms with Crippen LogP contribution in [0.1, 0.15) is 12.0 Å². The number of anilines is 1. The second-order valence-electron chi connectivity index (χ2n) is 4.73. The average Bonchev–Trinajstić information content (AvgIpc) is 2.74. The number of carbonyl (C=O) groups excluding carboxylic acids is 2. The first-order valence-electron chi connectivity index (χ1n) is 6.09. The Bertz CT molecular complexity index is 504. The van der Waals surface area contributed by atoms with Crippen molar-refractivity contribution in [2.24, 2.45) is 5.73 Å². The van der Waals surface area contributed by atoms with Gasteiger partial charge in [-0.3, -0.25) is 9.59 Å². The predicted molar refractivity (Wildman–Crippen MR) is 69.9 cm³/mol. The van der Waals surface area contributed by atoms with Crippen molar-refractivity contribution in [3.63, 3.8) is 0 Å². The van der Waals surface area contributed by atoms with Crippen LogP contribution in [0.15, 0.2) is 24.3 Å². The van der Waals surface area contributed by atoms with Crippen LogP contribution in [0.2, 0.25) is 0 Å². The summed E-state index contributed by atoms with van der Waals surface area (Å²) in [6, 6.07) is 6.33. The molecule has 6 heteroatoms. The first kappa shape index (κ1) is 13.4. The van der Waals surface area contributed by atoms with E-state index in [-0.39, 0.29) is 25.3 Å². The van der Waals surface area contributed by atoms with E-state index in [0.29, 0.717) is 11.3 Å². The van der Waals surface area contributed by atoms with E-state index >= 15 is 0 Å². The molecule has 0 spiro atoms. The molecule has 0 radical (unpaired) electrons. The number of aliphatic hydroxyl groups excluding tert-OH is 1. The average molecular weight is 263 g/mol. The maximum absolute atomic E-state index is 12.2. The van der Waals surface area contributed by atoms with E-state index in [1.807, 2.05) is 0 Å². The number of nitrogens with two attached hydrogens (primary N) is 2. The van der Waals surface area contributed by atoms with Crippen molar-refractivity contribution >= 4 is 17.5 Å². The fraction of sp³-hybridized carbons (Fsp3) is 0.385. The summed E-state index contributed by atoms with van der Waals surface area (Å²) >= 11 is 0. The van der Waals surface area contributed by atoms with Gasteiger partial charge in [-0.25, -0.2) is 0 Å². The van der Waals surface area contributed by atoms with E-state index in [4.69, 9.17) is 11.5 Å². The third-order valence-corrected chi connectivity index (χ3v) is 3.32. The Hall–Kier alpha value is -2.08. The van der Waals surface area contributed by atoms with Gasteiger partial charge in [0.1, 0.15) is 6.04 Å². The van der Waals surface area contributed by atoms with E-state index in [0.717, 1.165) is 0 Å². The van der Waals surface area contributed by atoms with Crippen LogP contribution in [-0.2, 0) is 16.0 Å². The van der Waals surface area contributed by atoms with Gasteiger partial charge < -0.3 is 21.5 Å². The highest BCUT2D eigenvalue weighted by atomic mass is 16.3. The Morgan fingerprint density at radius 2 is 2.05 bits per heavy atom. The van der Waals surface area contributed by atoms with Crippen LogP contribution < -0.4 is 11.5 Å². The van der Waals surface area contributed by atoms with Gasteiger partial charge in [0.25, 0.3) is 0 Å². The van der Waals surface area contributed by atoms with Gasteiger partial charge in [0, 0.05) is 18.7 Å². The minimum atomic E-state index is -0.729. The molecule has 2 amide bonds. The Morgan fingerprint density at radius 1 is 1.37 bits per heavy atom. The minimum Gasteiger partial charge on any atom is -0.398 e. The Morgan fingerprint density at radius 3 is 2.68 bits per heavy atom. The number of rotatable bonds is 3. The highest BCUT2D eigenvalue weighted by Crippen LogP contribution is 2.20. The molecule has 1 fully saturated rings. The van der Waals surface area contributed by atoms with Crippen molar-refractivity contribution in [1.82, 2.24) is 4.90 Å². The molecule has 0 aliphatic carbocycles. The lowest BCUT2D eigenvalue weighted by Crippen LogP contribution is -2.44. The van der Waals surface area contributed by atoms with Crippen LogP contribution in [0.3, 0.4) is 0 Å². The fourth-order valence-electron chi connectivity index (χ4n) is 2.32. The van der Waals surface area contributed by atoms with Crippen molar-refractivity contribution < 1.29 is 14.7 Å². The zero-order chi connectivity index (χ0) is 14.0. The van der Waals surface area contributed by atoms with Gasteiger partial charge in [-0.05, 0) is 11.6 Å². The molecule has 0 bridgehead atoms. The number of aliphatic hydroxyl groups is 1. The number of nitrogens with zero attached hydrogens (tertiary/aromatic N) is 1. The first-order chi connectivity index (χ1) is 8.99. The SMILES string of the molecule is NC(=O)C1CC(O)CN1C(=O)Cc1ccccc1N. The largest absolute Gasteiger partial charge is 0.398 e. The van der Waals surface area contributed by atoms with Gasteiger partial charge in [0.2, 0.25) is 11.8 Å². The number of carbonyl (C=O) groups is 2. The molecule has 0 aromatic heterocycles. The van der Waals surface area contributed by atoms with Gasteiger partial charge in [0.15, 0.2) is 0 Å². The van der Waals surface area contributed by atoms with E-state index in [2.05, 4.69) is 0 Å². The number of para-hydroxylation sites is 1.